The molecule has 2 unspecified atom stereocenters. The summed E-state index contributed by atoms with van der Waals surface area (Å²) in [7, 11) is 0. The van der Waals surface area contributed by atoms with Crippen LogP contribution in [-0.4, -0.2) is 37.4 Å². The summed E-state index contributed by atoms with van der Waals surface area (Å²) in [6.45, 7) is 6.77. The molecule has 7 heteroatoms. The Morgan fingerprint density at radius 1 is 0.926 bits per heavy atom. The molecule has 0 saturated heterocycles. The molecule has 7 nitrogen and oxygen atoms in total. The van der Waals surface area contributed by atoms with Gasteiger partial charge in [0.2, 0.25) is 5.91 Å². The number of unbranched alkanes of at least 4 members (excludes halogenated alkanes) is 6. The van der Waals surface area contributed by atoms with Gasteiger partial charge in [-0.1, -0.05) is 58.8 Å². The Labute approximate surface area is 165 Å². The molecule has 0 fully saturated rings. The fourth-order valence-electron chi connectivity index (χ4n) is 2.92. The highest BCUT2D eigenvalue weighted by atomic mass is 16.5. The van der Waals surface area contributed by atoms with E-state index in [1.165, 1.54) is 32.1 Å². The largest absolute Gasteiger partial charge is 0.464 e. The van der Waals surface area contributed by atoms with Crippen LogP contribution in [0.4, 0.5) is 0 Å². The normalized spacial score (nSPS) is 13.4. The van der Waals surface area contributed by atoms with E-state index >= 15 is 0 Å². The highest BCUT2D eigenvalue weighted by Gasteiger charge is 2.24. The van der Waals surface area contributed by atoms with E-state index in [4.69, 9.17) is 16.2 Å². The van der Waals surface area contributed by atoms with Crippen molar-refractivity contribution in [1.29, 1.82) is 0 Å². The number of carbonyl (C=O) groups excluding carboxylic acids is 2. The molecule has 160 valence electrons. The summed E-state index contributed by atoms with van der Waals surface area (Å²) >= 11 is 0. The van der Waals surface area contributed by atoms with Crippen molar-refractivity contribution in [3.8, 4) is 0 Å². The molecule has 0 aromatic carbocycles. The zero-order valence-corrected chi connectivity index (χ0v) is 17.6. The van der Waals surface area contributed by atoms with Gasteiger partial charge in [0.15, 0.2) is 0 Å². The molecule has 6 N–H and O–H groups in total. The van der Waals surface area contributed by atoms with Crippen LogP contribution in [0.3, 0.4) is 0 Å². The second-order valence-corrected chi connectivity index (χ2v) is 7.25. The summed E-state index contributed by atoms with van der Waals surface area (Å²) in [5, 5.41) is 5.75. The summed E-state index contributed by atoms with van der Waals surface area (Å²) in [6, 6.07) is -0.621. The third-order valence-electron chi connectivity index (χ3n) is 4.63. The first-order chi connectivity index (χ1) is 12.9. The van der Waals surface area contributed by atoms with Crippen molar-refractivity contribution in [1.82, 2.24) is 10.6 Å². The lowest BCUT2D eigenvalue weighted by molar-refractivity contribution is -0.148. The number of hydrogen-bond donors (Lipinski definition) is 4. The summed E-state index contributed by atoms with van der Waals surface area (Å²) < 4.78 is 5.08. The lowest BCUT2D eigenvalue weighted by atomic mass is 10.00. The molecule has 0 aliphatic rings. The number of nitrogens with one attached hydrogen (secondary N) is 2. The average Bonchev–Trinajstić information content (AvgIpc) is 2.63. The molecule has 0 aliphatic carbocycles. The van der Waals surface area contributed by atoms with E-state index in [1.54, 1.807) is 6.92 Å². The molecule has 0 aromatic rings. The maximum absolute atomic E-state index is 12.4. The quantitative estimate of drug-likeness (QED) is 0.173. The third kappa shape index (κ3) is 14.5. The van der Waals surface area contributed by atoms with Gasteiger partial charge in [0.1, 0.15) is 12.3 Å². The topological polar surface area (TPSA) is 119 Å². The molecular formula is C20H42N4O3. The van der Waals surface area contributed by atoms with Gasteiger partial charge in [0.25, 0.3) is 0 Å². The van der Waals surface area contributed by atoms with E-state index in [1.807, 2.05) is 6.92 Å². The number of carbonyl (C=O) groups is 2. The Hall–Kier alpha value is -1.18. The van der Waals surface area contributed by atoms with Crippen molar-refractivity contribution < 1.29 is 14.3 Å². The monoisotopic (exact) mass is 386 g/mol. The standard InChI is InChI=1S/C20H42N4O3/c1-4-6-7-8-9-10-11-13-16(3)18(25)24-17(19(26)27-5-2)14-12-15-23-20(21)22/h16-17,20,23H,4-15,21-22H2,1-3H3,(H,24,25). The van der Waals surface area contributed by atoms with E-state index in [9.17, 15) is 9.59 Å². The van der Waals surface area contributed by atoms with E-state index in [2.05, 4.69) is 17.6 Å². The van der Waals surface area contributed by atoms with Crippen LogP contribution in [0.25, 0.3) is 0 Å². The Bertz CT molecular complexity index is 391. The number of ether oxygens (including phenoxy) is 1. The van der Waals surface area contributed by atoms with Crippen LogP contribution in [-0.2, 0) is 14.3 Å². The molecule has 0 saturated carbocycles. The smallest absolute Gasteiger partial charge is 0.328 e. The van der Waals surface area contributed by atoms with Gasteiger partial charge in [0, 0.05) is 5.92 Å². The van der Waals surface area contributed by atoms with Crippen molar-refractivity contribution in [3.63, 3.8) is 0 Å². The fraction of sp³-hybridized carbons (Fsp3) is 0.900. The number of amides is 1. The van der Waals surface area contributed by atoms with Crippen molar-refractivity contribution in [2.24, 2.45) is 17.4 Å². The lowest BCUT2D eigenvalue weighted by Gasteiger charge is -2.20. The van der Waals surface area contributed by atoms with Crippen molar-refractivity contribution in [2.45, 2.75) is 97.3 Å². The second-order valence-electron chi connectivity index (χ2n) is 7.25. The van der Waals surface area contributed by atoms with Gasteiger partial charge in [-0.05, 0) is 32.7 Å². The minimum absolute atomic E-state index is 0.0810. The van der Waals surface area contributed by atoms with E-state index in [0.29, 0.717) is 26.0 Å². The molecule has 0 aliphatic heterocycles. The minimum Gasteiger partial charge on any atom is -0.464 e. The Morgan fingerprint density at radius 3 is 2.15 bits per heavy atom. The molecule has 27 heavy (non-hydrogen) atoms. The lowest BCUT2D eigenvalue weighted by Crippen LogP contribution is -2.47. The highest BCUT2D eigenvalue weighted by Crippen LogP contribution is 2.13. The molecule has 0 heterocycles. The van der Waals surface area contributed by atoms with Crippen LogP contribution < -0.4 is 22.1 Å². The molecule has 0 radical (unpaired) electrons. The Kier molecular flexibility index (Phi) is 16.2. The maximum Gasteiger partial charge on any atom is 0.328 e. The van der Waals surface area contributed by atoms with Gasteiger partial charge in [-0.2, -0.15) is 0 Å². The Balaban J connectivity index is 4.20. The van der Waals surface area contributed by atoms with Gasteiger partial charge in [-0.25, -0.2) is 4.79 Å². The van der Waals surface area contributed by atoms with Gasteiger partial charge in [0.05, 0.1) is 6.61 Å². The van der Waals surface area contributed by atoms with Crippen LogP contribution in [0.5, 0.6) is 0 Å². The van der Waals surface area contributed by atoms with Crippen LogP contribution in [0.1, 0.15) is 85.0 Å². The van der Waals surface area contributed by atoms with Gasteiger partial charge in [-0.15, -0.1) is 0 Å². The van der Waals surface area contributed by atoms with Crippen LogP contribution in [0, 0.1) is 5.92 Å². The van der Waals surface area contributed by atoms with E-state index in [-0.39, 0.29) is 17.8 Å². The summed E-state index contributed by atoms with van der Waals surface area (Å²) in [6.07, 6.45) is 10.0. The van der Waals surface area contributed by atoms with Gasteiger partial charge in [-0.3, -0.25) is 10.1 Å². The van der Waals surface area contributed by atoms with Crippen molar-refractivity contribution in [2.75, 3.05) is 13.2 Å². The molecule has 0 spiro atoms. The first-order valence-corrected chi connectivity index (χ1v) is 10.6. The first-order valence-electron chi connectivity index (χ1n) is 10.6. The van der Waals surface area contributed by atoms with E-state index in [0.717, 1.165) is 19.3 Å². The summed E-state index contributed by atoms with van der Waals surface area (Å²) in [4.78, 5) is 24.5. The fourth-order valence-corrected chi connectivity index (χ4v) is 2.92. The third-order valence-corrected chi connectivity index (χ3v) is 4.63. The number of rotatable bonds is 17. The Morgan fingerprint density at radius 2 is 1.56 bits per heavy atom. The predicted molar refractivity (Wildman–Crippen MR) is 110 cm³/mol. The van der Waals surface area contributed by atoms with Crippen LogP contribution in [0.15, 0.2) is 0 Å². The molecule has 1 amide bonds. The van der Waals surface area contributed by atoms with Crippen LogP contribution in [0.2, 0.25) is 0 Å². The first kappa shape index (κ1) is 25.8. The maximum atomic E-state index is 12.4. The number of nitrogens with two attached hydrogens (primary N) is 2. The summed E-state index contributed by atoms with van der Waals surface area (Å²) in [5.41, 5.74) is 10.9. The van der Waals surface area contributed by atoms with Gasteiger partial charge < -0.3 is 21.5 Å². The molecule has 2 atom stereocenters. The average molecular weight is 387 g/mol. The molecular weight excluding hydrogens is 344 g/mol. The van der Waals surface area contributed by atoms with E-state index < -0.39 is 12.3 Å². The zero-order chi connectivity index (χ0) is 20.5. The molecule has 0 bridgehead atoms. The SMILES string of the molecule is CCCCCCCCCC(C)C(=O)NC(CCCNC(N)N)C(=O)OCC. The summed E-state index contributed by atoms with van der Waals surface area (Å²) in [5.74, 6) is -0.568. The zero-order valence-electron chi connectivity index (χ0n) is 17.6. The van der Waals surface area contributed by atoms with Crippen molar-refractivity contribution >= 4 is 11.9 Å². The molecule has 0 rings (SSSR count). The van der Waals surface area contributed by atoms with Crippen molar-refractivity contribution in [3.05, 3.63) is 0 Å². The minimum atomic E-state index is -0.621. The number of hydrogen-bond acceptors (Lipinski definition) is 6. The second kappa shape index (κ2) is 17.0. The number of esters is 1. The van der Waals surface area contributed by atoms with Gasteiger partial charge >= 0.3 is 5.97 Å². The van der Waals surface area contributed by atoms with Crippen LogP contribution >= 0.6 is 0 Å². The molecule has 0 aromatic heterocycles. The predicted octanol–water partition coefficient (Wildman–Crippen LogP) is 2.38. The highest BCUT2D eigenvalue weighted by molar-refractivity contribution is 5.85.